The van der Waals surface area contributed by atoms with E-state index in [1.165, 1.54) is 42.5 Å². The molecule has 0 aliphatic rings. The van der Waals surface area contributed by atoms with Gasteiger partial charge in [0.2, 0.25) is 0 Å². The summed E-state index contributed by atoms with van der Waals surface area (Å²) in [6.45, 7) is 5.24. The van der Waals surface area contributed by atoms with E-state index in [1.54, 1.807) is 0 Å². The standard InChI is InChI=1S/C15H16N2O4S/c1-8-10(3)22-15(16-8)17-13(19)9(2)21-14(20)11-5-4-6-12(18)7-11/h4-7,9,18H,1-3H3,(H,16,17,19). The third-order valence-electron chi connectivity index (χ3n) is 2.99. The predicted molar refractivity (Wildman–Crippen MR) is 83.2 cm³/mol. The van der Waals surface area contributed by atoms with Crippen LogP contribution in [0.5, 0.6) is 5.75 Å². The van der Waals surface area contributed by atoms with Crippen molar-refractivity contribution >= 4 is 28.3 Å². The molecule has 0 spiro atoms. The lowest BCUT2D eigenvalue weighted by atomic mass is 10.2. The molecule has 0 saturated carbocycles. The highest BCUT2D eigenvalue weighted by Crippen LogP contribution is 2.21. The van der Waals surface area contributed by atoms with Gasteiger partial charge in [0.1, 0.15) is 5.75 Å². The van der Waals surface area contributed by atoms with E-state index >= 15 is 0 Å². The maximum absolute atomic E-state index is 12.0. The number of amides is 1. The van der Waals surface area contributed by atoms with Crippen molar-refractivity contribution in [3.63, 3.8) is 0 Å². The van der Waals surface area contributed by atoms with Gasteiger partial charge in [0.15, 0.2) is 11.2 Å². The lowest BCUT2D eigenvalue weighted by molar-refractivity contribution is -0.123. The average Bonchev–Trinajstić information content (AvgIpc) is 2.77. The van der Waals surface area contributed by atoms with Crippen molar-refractivity contribution in [1.82, 2.24) is 4.98 Å². The number of anilines is 1. The van der Waals surface area contributed by atoms with E-state index in [0.717, 1.165) is 10.6 Å². The van der Waals surface area contributed by atoms with Gasteiger partial charge in [0.25, 0.3) is 5.91 Å². The van der Waals surface area contributed by atoms with E-state index < -0.39 is 18.0 Å². The van der Waals surface area contributed by atoms with Crippen molar-refractivity contribution in [2.75, 3.05) is 5.32 Å². The van der Waals surface area contributed by atoms with E-state index in [4.69, 9.17) is 4.74 Å². The first kappa shape index (κ1) is 16.0. The number of thiazole rings is 1. The van der Waals surface area contributed by atoms with Crippen LogP contribution in [0.3, 0.4) is 0 Å². The van der Waals surface area contributed by atoms with Crippen LogP contribution in [0, 0.1) is 13.8 Å². The fourth-order valence-electron chi connectivity index (χ4n) is 1.65. The average molecular weight is 320 g/mol. The van der Waals surface area contributed by atoms with Gasteiger partial charge >= 0.3 is 5.97 Å². The Morgan fingerprint density at radius 2 is 2.09 bits per heavy atom. The second-order valence-electron chi connectivity index (χ2n) is 4.75. The zero-order valence-electron chi connectivity index (χ0n) is 12.4. The Labute approximate surface area is 131 Å². The number of hydrogen-bond donors (Lipinski definition) is 2. The maximum Gasteiger partial charge on any atom is 0.339 e. The number of aryl methyl sites for hydroxylation is 2. The molecule has 1 aromatic carbocycles. The molecule has 7 heteroatoms. The van der Waals surface area contributed by atoms with Crippen LogP contribution < -0.4 is 5.32 Å². The Morgan fingerprint density at radius 1 is 1.36 bits per heavy atom. The molecule has 6 nitrogen and oxygen atoms in total. The molecule has 2 rings (SSSR count). The first-order valence-electron chi connectivity index (χ1n) is 6.61. The molecule has 2 aromatic rings. The predicted octanol–water partition coefficient (Wildman–Crippen LogP) is 2.65. The molecule has 0 bridgehead atoms. The number of aromatic nitrogens is 1. The largest absolute Gasteiger partial charge is 0.508 e. The molecule has 1 aromatic heterocycles. The molecule has 0 aliphatic heterocycles. The Bertz CT molecular complexity index is 692. The quantitative estimate of drug-likeness (QED) is 0.846. The van der Waals surface area contributed by atoms with Crippen LogP contribution >= 0.6 is 11.3 Å². The summed E-state index contributed by atoms with van der Waals surface area (Å²) in [4.78, 5) is 29.1. The van der Waals surface area contributed by atoms with Crippen molar-refractivity contribution in [3.05, 3.63) is 40.4 Å². The number of esters is 1. The number of nitrogens with one attached hydrogen (secondary N) is 1. The highest BCUT2D eigenvalue weighted by Gasteiger charge is 2.20. The van der Waals surface area contributed by atoms with Gasteiger partial charge in [-0.05, 0) is 39.0 Å². The fourth-order valence-corrected chi connectivity index (χ4v) is 2.47. The third kappa shape index (κ3) is 3.82. The normalized spacial score (nSPS) is 11.8. The highest BCUT2D eigenvalue weighted by molar-refractivity contribution is 7.15. The molecule has 2 N–H and O–H groups in total. The summed E-state index contributed by atoms with van der Waals surface area (Å²) in [7, 11) is 0. The SMILES string of the molecule is Cc1nc(NC(=O)C(C)OC(=O)c2cccc(O)c2)sc1C. The molecule has 116 valence electrons. The minimum absolute atomic E-state index is 0.0414. The van der Waals surface area contributed by atoms with E-state index in [-0.39, 0.29) is 11.3 Å². The van der Waals surface area contributed by atoms with E-state index in [9.17, 15) is 14.7 Å². The van der Waals surface area contributed by atoms with Gasteiger partial charge in [-0.25, -0.2) is 9.78 Å². The van der Waals surface area contributed by atoms with Crippen LogP contribution in [0.25, 0.3) is 0 Å². The summed E-state index contributed by atoms with van der Waals surface area (Å²) in [5, 5.41) is 12.4. The van der Waals surface area contributed by atoms with Gasteiger partial charge in [-0.1, -0.05) is 6.07 Å². The number of phenols is 1. The Hall–Kier alpha value is -2.41. The second-order valence-corrected chi connectivity index (χ2v) is 5.95. The zero-order chi connectivity index (χ0) is 16.3. The number of aromatic hydroxyl groups is 1. The van der Waals surface area contributed by atoms with Gasteiger partial charge in [0, 0.05) is 4.88 Å². The summed E-state index contributed by atoms with van der Waals surface area (Å²) in [5.74, 6) is -1.17. The Kier molecular flexibility index (Phi) is 4.77. The summed E-state index contributed by atoms with van der Waals surface area (Å²) in [5.41, 5.74) is 1.03. The van der Waals surface area contributed by atoms with E-state index in [2.05, 4.69) is 10.3 Å². The van der Waals surface area contributed by atoms with Gasteiger partial charge in [0.05, 0.1) is 11.3 Å². The van der Waals surface area contributed by atoms with Crippen LogP contribution in [-0.2, 0) is 9.53 Å². The van der Waals surface area contributed by atoms with Gasteiger partial charge in [-0.15, -0.1) is 11.3 Å². The Morgan fingerprint density at radius 3 is 2.68 bits per heavy atom. The molecule has 0 aliphatic carbocycles. The third-order valence-corrected chi connectivity index (χ3v) is 3.98. The van der Waals surface area contributed by atoms with Crippen LogP contribution in [0.1, 0.15) is 27.9 Å². The molecule has 0 radical (unpaired) electrons. The topological polar surface area (TPSA) is 88.5 Å². The number of phenolic OH excluding ortho intramolecular Hbond substituents is 1. The summed E-state index contributed by atoms with van der Waals surface area (Å²) in [6.07, 6.45) is -0.973. The van der Waals surface area contributed by atoms with E-state index in [0.29, 0.717) is 5.13 Å². The number of rotatable bonds is 4. The van der Waals surface area contributed by atoms with Crippen molar-refractivity contribution in [2.24, 2.45) is 0 Å². The summed E-state index contributed by atoms with van der Waals surface area (Å²) in [6, 6.07) is 5.75. The van der Waals surface area contributed by atoms with Crippen LogP contribution in [0.4, 0.5) is 5.13 Å². The smallest absolute Gasteiger partial charge is 0.339 e. The molecular formula is C15H16N2O4S. The van der Waals surface area contributed by atoms with Crippen molar-refractivity contribution in [2.45, 2.75) is 26.9 Å². The number of benzene rings is 1. The van der Waals surface area contributed by atoms with Gasteiger partial charge in [-0.2, -0.15) is 0 Å². The van der Waals surface area contributed by atoms with E-state index in [1.807, 2.05) is 13.8 Å². The number of hydrogen-bond acceptors (Lipinski definition) is 6. The first-order chi connectivity index (χ1) is 10.4. The Balaban J connectivity index is 1.97. The molecule has 1 amide bonds. The first-order valence-corrected chi connectivity index (χ1v) is 7.43. The molecule has 0 saturated heterocycles. The minimum atomic E-state index is -0.973. The van der Waals surface area contributed by atoms with Gasteiger partial charge < -0.3 is 9.84 Å². The molecule has 22 heavy (non-hydrogen) atoms. The molecule has 1 heterocycles. The molecule has 1 unspecified atom stereocenters. The number of nitrogens with zero attached hydrogens (tertiary/aromatic N) is 1. The van der Waals surface area contributed by atoms with Crippen molar-refractivity contribution in [1.29, 1.82) is 0 Å². The molecular weight excluding hydrogens is 304 g/mol. The lowest BCUT2D eigenvalue weighted by Crippen LogP contribution is -2.29. The monoisotopic (exact) mass is 320 g/mol. The lowest BCUT2D eigenvalue weighted by Gasteiger charge is -2.12. The van der Waals surface area contributed by atoms with Crippen LogP contribution in [0.15, 0.2) is 24.3 Å². The minimum Gasteiger partial charge on any atom is -0.508 e. The van der Waals surface area contributed by atoms with Crippen LogP contribution in [-0.4, -0.2) is 28.1 Å². The maximum atomic E-state index is 12.0. The number of carbonyl (C=O) groups is 2. The zero-order valence-corrected chi connectivity index (χ0v) is 13.2. The van der Waals surface area contributed by atoms with Gasteiger partial charge in [-0.3, -0.25) is 10.1 Å². The van der Waals surface area contributed by atoms with Crippen LogP contribution in [0.2, 0.25) is 0 Å². The summed E-state index contributed by atoms with van der Waals surface area (Å²) >= 11 is 1.36. The molecule has 0 fully saturated rings. The molecule has 1 atom stereocenters. The van der Waals surface area contributed by atoms with Crippen molar-refractivity contribution < 1.29 is 19.4 Å². The number of carbonyl (C=O) groups excluding carboxylic acids is 2. The fraction of sp³-hybridized carbons (Fsp3) is 0.267. The number of ether oxygens (including phenoxy) is 1. The second kappa shape index (κ2) is 6.57. The van der Waals surface area contributed by atoms with Crippen molar-refractivity contribution in [3.8, 4) is 5.75 Å². The highest BCUT2D eigenvalue weighted by atomic mass is 32.1. The summed E-state index contributed by atoms with van der Waals surface area (Å²) < 4.78 is 5.08.